The maximum Gasteiger partial charge on any atom is 0.419 e. The highest BCUT2D eigenvalue weighted by Gasteiger charge is 2.26. The minimum absolute atomic E-state index is 0.0369. The number of rotatable bonds is 3. The van der Waals surface area contributed by atoms with Crippen LogP contribution in [0, 0.1) is 5.92 Å². The number of amides is 1. The molecule has 1 amide bonds. The molecule has 1 aliphatic carbocycles. The molecule has 0 unspecified atom stereocenters. The lowest BCUT2D eigenvalue weighted by Crippen LogP contribution is -2.28. The molecule has 21 heavy (non-hydrogen) atoms. The molecular weight excluding hydrogens is 270 g/mol. The molecule has 0 bridgehead atoms. The van der Waals surface area contributed by atoms with E-state index in [1.165, 1.54) is 4.57 Å². The molecule has 1 aromatic heterocycles. The van der Waals surface area contributed by atoms with E-state index in [0.717, 1.165) is 19.3 Å². The second-order valence-corrected chi connectivity index (χ2v) is 5.72. The number of anilines is 1. The van der Waals surface area contributed by atoms with Gasteiger partial charge in [-0.25, -0.2) is 4.79 Å². The molecule has 3 rings (SSSR count). The molecule has 6 heteroatoms. The van der Waals surface area contributed by atoms with Crippen molar-refractivity contribution in [2.24, 2.45) is 18.7 Å². The van der Waals surface area contributed by atoms with E-state index in [1.807, 2.05) is 0 Å². The number of carbonyl (C=O) groups is 1. The van der Waals surface area contributed by atoms with E-state index in [9.17, 15) is 9.59 Å². The molecule has 1 heterocycles. The van der Waals surface area contributed by atoms with Crippen molar-refractivity contribution in [1.29, 1.82) is 0 Å². The van der Waals surface area contributed by atoms with Gasteiger partial charge in [0, 0.05) is 25.2 Å². The largest absolute Gasteiger partial charge is 0.419 e. The van der Waals surface area contributed by atoms with Crippen molar-refractivity contribution < 1.29 is 9.21 Å². The van der Waals surface area contributed by atoms with Gasteiger partial charge in [-0.2, -0.15) is 0 Å². The third kappa shape index (κ3) is 2.71. The van der Waals surface area contributed by atoms with Crippen LogP contribution >= 0.6 is 0 Å². The topological polar surface area (TPSA) is 90.3 Å². The maximum atomic E-state index is 12.1. The molecule has 2 atom stereocenters. The lowest BCUT2D eigenvalue weighted by atomic mass is 10.00. The van der Waals surface area contributed by atoms with Crippen molar-refractivity contribution in [3.63, 3.8) is 0 Å². The van der Waals surface area contributed by atoms with Crippen LogP contribution in [0.5, 0.6) is 0 Å². The highest BCUT2D eigenvalue weighted by Crippen LogP contribution is 2.27. The fourth-order valence-corrected chi connectivity index (χ4v) is 2.97. The van der Waals surface area contributed by atoms with Gasteiger partial charge in [0.25, 0.3) is 0 Å². The number of nitrogens with one attached hydrogen (secondary N) is 1. The molecule has 0 spiro atoms. The summed E-state index contributed by atoms with van der Waals surface area (Å²) in [7, 11) is 1.64. The lowest BCUT2D eigenvalue weighted by molar-refractivity contribution is -0.117. The van der Waals surface area contributed by atoms with Crippen LogP contribution in [0.15, 0.2) is 27.4 Å². The Morgan fingerprint density at radius 1 is 1.48 bits per heavy atom. The average Bonchev–Trinajstić information content (AvgIpc) is 2.96. The van der Waals surface area contributed by atoms with Crippen LogP contribution in [0.3, 0.4) is 0 Å². The molecule has 1 aromatic carbocycles. The van der Waals surface area contributed by atoms with Gasteiger partial charge in [0.15, 0.2) is 5.58 Å². The Balaban J connectivity index is 1.73. The highest BCUT2D eigenvalue weighted by atomic mass is 16.4. The highest BCUT2D eigenvalue weighted by molar-refractivity contribution is 5.93. The fraction of sp³-hybridized carbons (Fsp3) is 0.467. The van der Waals surface area contributed by atoms with Crippen LogP contribution in [-0.4, -0.2) is 16.5 Å². The first-order valence-electron chi connectivity index (χ1n) is 7.19. The summed E-state index contributed by atoms with van der Waals surface area (Å²) < 4.78 is 6.47. The first-order valence-corrected chi connectivity index (χ1v) is 7.19. The molecule has 112 valence electrons. The summed E-state index contributed by atoms with van der Waals surface area (Å²) in [5, 5.41) is 2.87. The van der Waals surface area contributed by atoms with E-state index < -0.39 is 5.76 Å². The van der Waals surface area contributed by atoms with E-state index in [4.69, 9.17) is 10.2 Å². The van der Waals surface area contributed by atoms with Gasteiger partial charge in [-0.15, -0.1) is 0 Å². The van der Waals surface area contributed by atoms with E-state index in [-0.39, 0.29) is 17.9 Å². The van der Waals surface area contributed by atoms with Crippen LogP contribution < -0.4 is 16.8 Å². The van der Waals surface area contributed by atoms with E-state index in [1.54, 1.807) is 25.2 Å². The minimum Gasteiger partial charge on any atom is -0.408 e. The second kappa shape index (κ2) is 5.37. The standard InChI is InChI=1S/C15H19N3O3/c1-18-12-8-10(5-6-13(12)21-15(18)20)17-14(19)7-9-3-2-4-11(9)16/h5-6,8-9,11H,2-4,7,16H2,1H3,(H,17,19)/t9-,11+/m0/s1. The van der Waals surface area contributed by atoms with Gasteiger partial charge in [0.05, 0.1) is 5.52 Å². The van der Waals surface area contributed by atoms with Gasteiger partial charge < -0.3 is 15.5 Å². The quantitative estimate of drug-likeness (QED) is 0.897. The number of carbonyl (C=O) groups excluding carboxylic acids is 1. The predicted molar refractivity (Wildman–Crippen MR) is 80.0 cm³/mol. The van der Waals surface area contributed by atoms with Gasteiger partial charge in [0.1, 0.15) is 0 Å². The molecule has 0 radical (unpaired) electrons. The average molecular weight is 289 g/mol. The molecule has 3 N–H and O–H groups in total. The Kier molecular flexibility index (Phi) is 3.55. The molecule has 0 aliphatic heterocycles. The third-order valence-corrected chi connectivity index (χ3v) is 4.24. The maximum absolute atomic E-state index is 12.1. The number of hydrogen-bond donors (Lipinski definition) is 2. The predicted octanol–water partition coefficient (Wildman–Crippen LogP) is 1.59. The van der Waals surface area contributed by atoms with Gasteiger partial charge in [-0.3, -0.25) is 9.36 Å². The zero-order valence-corrected chi connectivity index (χ0v) is 12.0. The summed E-state index contributed by atoms with van der Waals surface area (Å²) in [6.07, 6.45) is 3.57. The number of nitrogens with two attached hydrogens (primary N) is 1. The number of fused-ring (bicyclic) bond motifs is 1. The van der Waals surface area contributed by atoms with Crippen LogP contribution in [-0.2, 0) is 11.8 Å². The molecule has 2 aromatic rings. The SMILES string of the molecule is Cn1c(=O)oc2ccc(NC(=O)C[C@@H]3CCC[C@H]3N)cc21. The minimum atomic E-state index is -0.412. The Morgan fingerprint density at radius 3 is 3.00 bits per heavy atom. The second-order valence-electron chi connectivity index (χ2n) is 5.72. The van der Waals surface area contributed by atoms with Crippen molar-refractivity contribution >= 4 is 22.7 Å². The lowest BCUT2D eigenvalue weighted by Gasteiger charge is -2.14. The van der Waals surface area contributed by atoms with Crippen molar-refractivity contribution in [2.45, 2.75) is 31.7 Å². The summed E-state index contributed by atoms with van der Waals surface area (Å²) >= 11 is 0. The zero-order chi connectivity index (χ0) is 15.0. The molecule has 1 aliphatic rings. The summed E-state index contributed by atoms with van der Waals surface area (Å²) in [4.78, 5) is 23.5. The van der Waals surface area contributed by atoms with E-state index in [2.05, 4.69) is 5.32 Å². The van der Waals surface area contributed by atoms with Crippen LogP contribution in [0.2, 0.25) is 0 Å². The number of nitrogens with zero attached hydrogens (tertiary/aromatic N) is 1. The third-order valence-electron chi connectivity index (χ3n) is 4.24. The smallest absolute Gasteiger partial charge is 0.408 e. The first kappa shape index (κ1) is 13.9. The van der Waals surface area contributed by atoms with Crippen molar-refractivity contribution in [3.8, 4) is 0 Å². The van der Waals surface area contributed by atoms with Gasteiger partial charge in [0.2, 0.25) is 5.91 Å². The molecular formula is C15H19N3O3. The fourth-order valence-electron chi connectivity index (χ4n) is 2.97. The molecule has 0 saturated heterocycles. The molecule has 1 saturated carbocycles. The number of hydrogen-bond acceptors (Lipinski definition) is 4. The normalized spacial score (nSPS) is 21.8. The first-order chi connectivity index (χ1) is 10.0. The Labute approximate surface area is 121 Å². The van der Waals surface area contributed by atoms with E-state index >= 15 is 0 Å². The molecule has 1 fully saturated rings. The van der Waals surface area contributed by atoms with Crippen LogP contribution in [0.1, 0.15) is 25.7 Å². The summed E-state index contributed by atoms with van der Waals surface area (Å²) in [6, 6.07) is 5.30. The Morgan fingerprint density at radius 2 is 2.29 bits per heavy atom. The number of aromatic nitrogens is 1. The zero-order valence-electron chi connectivity index (χ0n) is 12.0. The van der Waals surface area contributed by atoms with E-state index in [0.29, 0.717) is 23.2 Å². The Hall–Kier alpha value is -2.08. The summed E-state index contributed by atoms with van der Waals surface area (Å²) in [6.45, 7) is 0. The monoisotopic (exact) mass is 289 g/mol. The Bertz CT molecular complexity index is 731. The molecule has 6 nitrogen and oxygen atoms in total. The van der Waals surface area contributed by atoms with Gasteiger partial charge >= 0.3 is 5.76 Å². The summed E-state index contributed by atoms with van der Waals surface area (Å²) in [5.41, 5.74) is 7.82. The number of aryl methyl sites for hydroxylation is 1. The van der Waals surface area contributed by atoms with Gasteiger partial charge in [-0.05, 0) is 37.0 Å². The van der Waals surface area contributed by atoms with Crippen molar-refractivity contribution in [3.05, 3.63) is 28.7 Å². The van der Waals surface area contributed by atoms with Crippen LogP contribution in [0.4, 0.5) is 5.69 Å². The summed E-state index contributed by atoms with van der Waals surface area (Å²) in [5.74, 6) is -0.178. The van der Waals surface area contributed by atoms with Crippen LogP contribution in [0.25, 0.3) is 11.1 Å². The number of oxazole rings is 1. The van der Waals surface area contributed by atoms with Gasteiger partial charge in [-0.1, -0.05) is 6.42 Å². The van der Waals surface area contributed by atoms with Crippen molar-refractivity contribution in [1.82, 2.24) is 4.57 Å². The number of benzene rings is 1. The van der Waals surface area contributed by atoms with Crippen molar-refractivity contribution in [2.75, 3.05) is 5.32 Å².